The molecule has 1 aromatic carbocycles. The Labute approximate surface area is 143 Å². The van der Waals surface area contributed by atoms with Crippen LogP contribution in [-0.4, -0.2) is 22.6 Å². The van der Waals surface area contributed by atoms with Gasteiger partial charge in [-0.25, -0.2) is 0 Å². The van der Waals surface area contributed by atoms with Gasteiger partial charge >= 0.3 is 5.00 Å². The fourth-order valence-electron chi connectivity index (χ4n) is 2.09. The largest absolute Gasteiger partial charge is 0.353 e. The Morgan fingerprint density at radius 1 is 1.35 bits per heavy atom. The first-order valence-corrected chi connectivity index (χ1v) is 9.10. The molecule has 2 aromatic rings. The topological polar surface area (TPSA) is 72.2 Å². The number of amides is 1. The summed E-state index contributed by atoms with van der Waals surface area (Å²) < 4.78 is 0. The number of carbonyl (C=O) groups excluding carboxylic acids is 1. The highest BCUT2D eigenvalue weighted by atomic mass is 32.2. The van der Waals surface area contributed by atoms with E-state index in [1.54, 1.807) is 11.4 Å². The molecule has 1 aromatic heterocycles. The Kier molecular flexibility index (Phi) is 6.61. The third-order valence-corrected chi connectivity index (χ3v) is 5.29. The monoisotopic (exact) mass is 350 g/mol. The number of nitro groups is 1. The van der Waals surface area contributed by atoms with E-state index in [1.165, 1.54) is 17.3 Å². The molecule has 1 amide bonds. The maximum atomic E-state index is 11.9. The standard InChI is InChI=1S/C16H18N2O3S2/c1-12(7-8-13-5-3-2-4-6-13)17-15(19)11-23-14-9-10-22-16(14)18(20)21/h2-6,9-10,12H,7-8,11H2,1H3,(H,17,19)/t12-/m0/s1. The van der Waals surface area contributed by atoms with Crippen LogP contribution >= 0.6 is 23.1 Å². The van der Waals surface area contributed by atoms with Crippen LogP contribution in [0.25, 0.3) is 0 Å². The molecule has 0 fully saturated rings. The molecule has 0 spiro atoms. The molecule has 0 aliphatic heterocycles. The van der Waals surface area contributed by atoms with Gasteiger partial charge in [0.25, 0.3) is 0 Å². The van der Waals surface area contributed by atoms with Gasteiger partial charge in [-0.2, -0.15) is 0 Å². The van der Waals surface area contributed by atoms with E-state index in [4.69, 9.17) is 0 Å². The molecule has 2 rings (SSSR count). The smallest absolute Gasteiger partial charge is 0.337 e. The minimum absolute atomic E-state index is 0.0702. The Morgan fingerprint density at radius 2 is 2.09 bits per heavy atom. The van der Waals surface area contributed by atoms with E-state index in [0.29, 0.717) is 4.90 Å². The second-order valence-electron chi connectivity index (χ2n) is 5.13. The fraction of sp³-hybridized carbons (Fsp3) is 0.312. The SMILES string of the molecule is C[C@@H](CCc1ccccc1)NC(=O)CSc1ccsc1[N+](=O)[O-]. The lowest BCUT2D eigenvalue weighted by Crippen LogP contribution is -2.34. The molecule has 0 unspecified atom stereocenters. The summed E-state index contributed by atoms with van der Waals surface area (Å²) in [5.74, 6) is 0.0869. The van der Waals surface area contributed by atoms with Crippen molar-refractivity contribution in [3.05, 3.63) is 57.5 Å². The van der Waals surface area contributed by atoms with Crippen LogP contribution in [0.3, 0.4) is 0 Å². The molecule has 0 aliphatic carbocycles. The summed E-state index contributed by atoms with van der Waals surface area (Å²) in [6.07, 6.45) is 1.77. The molecule has 0 saturated carbocycles. The number of hydrogen-bond donors (Lipinski definition) is 1. The zero-order valence-corrected chi connectivity index (χ0v) is 14.4. The number of benzene rings is 1. The molecule has 0 aliphatic rings. The molecule has 122 valence electrons. The van der Waals surface area contributed by atoms with Crippen LogP contribution in [0.4, 0.5) is 5.00 Å². The maximum Gasteiger partial charge on any atom is 0.337 e. The predicted molar refractivity (Wildman–Crippen MR) is 94.1 cm³/mol. The van der Waals surface area contributed by atoms with Crippen LogP contribution in [0.1, 0.15) is 18.9 Å². The van der Waals surface area contributed by atoms with Gasteiger partial charge in [0, 0.05) is 6.04 Å². The molecule has 23 heavy (non-hydrogen) atoms. The molecule has 1 atom stereocenters. The first kappa shape index (κ1) is 17.5. The summed E-state index contributed by atoms with van der Waals surface area (Å²) in [4.78, 5) is 22.9. The van der Waals surface area contributed by atoms with Crippen molar-refractivity contribution in [3.63, 3.8) is 0 Å². The van der Waals surface area contributed by atoms with Gasteiger partial charge in [-0.3, -0.25) is 14.9 Å². The van der Waals surface area contributed by atoms with E-state index >= 15 is 0 Å². The molecule has 0 saturated heterocycles. The quantitative estimate of drug-likeness (QED) is 0.445. The first-order chi connectivity index (χ1) is 11.1. The average Bonchev–Trinajstić information content (AvgIpc) is 3.01. The van der Waals surface area contributed by atoms with Crippen LogP contribution in [0.2, 0.25) is 0 Å². The molecule has 0 radical (unpaired) electrons. The van der Waals surface area contributed by atoms with Crippen LogP contribution in [0, 0.1) is 10.1 Å². The van der Waals surface area contributed by atoms with Gasteiger partial charge in [-0.15, -0.1) is 11.8 Å². The highest BCUT2D eigenvalue weighted by Crippen LogP contribution is 2.33. The Morgan fingerprint density at radius 3 is 2.78 bits per heavy atom. The zero-order chi connectivity index (χ0) is 16.7. The van der Waals surface area contributed by atoms with Crippen molar-refractivity contribution in [1.29, 1.82) is 0 Å². The van der Waals surface area contributed by atoms with E-state index < -0.39 is 4.92 Å². The minimum Gasteiger partial charge on any atom is -0.353 e. The average molecular weight is 350 g/mol. The summed E-state index contributed by atoms with van der Waals surface area (Å²) in [5.41, 5.74) is 1.25. The van der Waals surface area contributed by atoms with Gasteiger partial charge in [-0.1, -0.05) is 41.7 Å². The van der Waals surface area contributed by atoms with E-state index in [0.717, 1.165) is 24.2 Å². The van der Waals surface area contributed by atoms with Crippen molar-refractivity contribution >= 4 is 34.0 Å². The van der Waals surface area contributed by atoms with Crippen molar-refractivity contribution in [2.45, 2.75) is 30.7 Å². The van der Waals surface area contributed by atoms with E-state index in [9.17, 15) is 14.9 Å². The number of carbonyl (C=O) groups is 1. The fourth-order valence-corrected chi connectivity index (χ4v) is 3.84. The number of thioether (sulfide) groups is 1. The van der Waals surface area contributed by atoms with Crippen LogP contribution in [0.5, 0.6) is 0 Å². The lowest BCUT2D eigenvalue weighted by atomic mass is 10.1. The molecule has 7 heteroatoms. The van der Waals surface area contributed by atoms with Crippen LogP contribution in [0.15, 0.2) is 46.7 Å². The van der Waals surface area contributed by atoms with Crippen molar-refractivity contribution in [3.8, 4) is 0 Å². The summed E-state index contributed by atoms with van der Waals surface area (Å²) in [6.45, 7) is 1.97. The number of aryl methyl sites for hydroxylation is 1. The van der Waals surface area contributed by atoms with Crippen molar-refractivity contribution in [1.82, 2.24) is 5.32 Å². The van der Waals surface area contributed by atoms with Gasteiger partial charge in [0.1, 0.15) is 0 Å². The number of thiophene rings is 1. The number of nitrogens with one attached hydrogen (secondary N) is 1. The summed E-state index contributed by atoms with van der Waals surface area (Å²) >= 11 is 2.28. The predicted octanol–water partition coefficient (Wildman–Crippen LogP) is 3.89. The highest BCUT2D eigenvalue weighted by Gasteiger charge is 2.17. The summed E-state index contributed by atoms with van der Waals surface area (Å²) in [5, 5.41) is 15.5. The molecule has 1 heterocycles. The second kappa shape index (κ2) is 8.69. The molecule has 1 N–H and O–H groups in total. The number of hydrogen-bond acceptors (Lipinski definition) is 5. The van der Waals surface area contributed by atoms with Crippen LogP contribution in [-0.2, 0) is 11.2 Å². The highest BCUT2D eigenvalue weighted by molar-refractivity contribution is 8.00. The lowest BCUT2D eigenvalue weighted by Gasteiger charge is -2.13. The third-order valence-electron chi connectivity index (χ3n) is 3.25. The second-order valence-corrected chi connectivity index (χ2v) is 7.04. The van der Waals surface area contributed by atoms with Gasteiger partial charge in [0.2, 0.25) is 5.91 Å². The van der Waals surface area contributed by atoms with E-state index in [1.807, 2.05) is 25.1 Å². The third kappa shape index (κ3) is 5.69. The van der Waals surface area contributed by atoms with Gasteiger partial charge in [0.05, 0.1) is 15.6 Å². The number of nitrogens with zero attached hydrogens (tertiary/aromatic N) is 1. The maximum absolute atomic E-state index is 11.9. The summed E-state index contributed by atoms with van der Waals surface area (Å²) in [6, 6.07) is 11.9. The Hall–Kier alpha value is -1.86. The van der Waals surface area contributed by atoms with Gasteiger partial charge < -0.3 is 5.32 Å². The van der Waals surface area contributed by atoms with Gasteiger partial charge in [0.15, 0.2) is 0 Å². The summed E-state index contributed by atoms with van der Waals surface area (Å²) in [7, 11) is 0. The van der Waals surface area contributed by atoms with E-state index in [2.05, 4.69) is 17.4 Å². The molecular formula is C16H18N2O3S2. The van der Waals surface area contributed by atoms with Crippen molar-refractivity contribution < 1.29 is 9.72 Å². The molecule has 0 bridgehead atoms. The van der Waals surface area contributed by atoms with Crippen molar-refractivity contribution in [2.24, 2.45) is 0 Å². The Balaban J connectivity index is 1.73. The van der Waals surface area contributed by atoms with Crippen molar-refractivity contribution in [2.75, 3.05) is 5.75 Å². The molecular weight excluding hydrogens is 332 g/mol. The molecule has 5 nitrogen and oxygen atoms in total. The zero-order valence-electron chi connectivity index (χ0n) is 12.7. The van der Waals surface area contributed by atoms with Gasteiger partial charge in [-0.05, 0) is 36.8 Å². The van der Waals surface area contributed by atoms with E-state index in [-0.39, 0.29) is 22.7 Å². The first-order valence-electron chi connectivity index (χ1n) is 7.24. The number of rotatable bonds is 8. The van der Waals surface area contributed by atoms with Crippen LogP contribution < -0.4 is 5.32 Å². The Bertz CT molecular complexity index is 658. The lowest BCUT2D eigenvalue weighted by molar-refractivity contribution is -0.382. The minimum atomic E-state index is -0.409. The normalized spacial score (nSPS) is 11.9.